The van der Waals surface area contributed by atoms with Crippen molar-refractivity contribution in [3.05, 3.63) is 29.8 Å². The molecule has 1 radical (unpaired) electrons. The summed E-state index contributed by atoms with van der Waals surface area (Å²) in [4.78, 5) is 10.2. The van der Waals surface area contributed by atoms with Gasteiger partial charge in [0, 0.05) is 5.92 Å². The molecular weight excluding hydrogens is 140 g/mol. The molecule has 1 unspecified atom stereocenters. The summed E-state index contributed by atoms with van der Waals surface area (Å²) >= 11 is 0. The first-order valence-electron chi connectivity index (χ1n) is 3.40. The maximum atomic E-state index is 10.2. The van der Waals surface area contributed by atoms with Gasteiger partial charge in [-0.15, -0.1) is 0 Å². The van der Waals surface area contributed by atoms with Crippen molar-refractivity contribution in [2.75, 3.05) is 0 Å². The molecule has 0 amide bonds. The van der Waals surface area contributed by atoms with Crippen LogP contribution in [0.2, 0.25) is 0 Å². The molecular formula is C9H9O2. The van der Waals surface area contributed by atoms with Crippen LogP contribution < -0.4 is 0 Å². The predicted octanol–water partition coefficient (Wildman–Crippen LogP) is 1.61. The third-order valence-corrected chi connectivity index (χ3v) is 1.57. The second-order valence-corrected chi connectivity index (χ2v) is 2.43. The Morgan fingerprint density at radius 3 is 2.36 bits per heavy atom. The SMILES string of the molecule is CC([C]=O)c1ccc(O)cc1. The van der Waals surface area contributed by atoms with Gasteiger partial charge < -0.3 is 5.11 Å². The van der Waals surface area contributed by atoms with E-state index in [1.54, 1.807) is 31.2 Å². The summed E-state index contributed by atoms with van der Waals surface area (Å²) < 4.78 is 0. The number of aromatic hydroxyl groups is 1. The van der Waals surface area contributed by atoms with Crippen molar-refractivity contribution in [2.45, 2.75) is 12.8 Å². The molecule has 1 rings (SSSR count). The number of hydrogen-bond donors (Lipinski definition) is 1. The van der Waals surface area contributed by atoms with Crippen molar-refractivity contribution >= 4 is 6.29 Å². The third kappa shape index (κ3) is 1.80. The molecule has 0 saturated heterocycles. The van der Waals surface area contributed by atoms with Gasteiger partial charge in [0.2, 0.25) is 6.29 Å². The molecule has 0 aromatic heterocycles. The zero-order valence-electron chi connectivity index (χ0n) is 6.24. The van der Waals surface area contributed by atoms with Crippen molar-refractivity contribution in [1.82, 2.24) is 0 Å². The Kier molecular flexibility index (Phi) is 2.26. The summed E-state index contributed by atoms with van der Waals surface area (Å²) in [5.41, 5.74) is 0.873. The van der Waals surface area contributed by atoms with Crippen molar-refractivity contribution in [3.63, 3.8) is 0 Å². The fraction of sp³-hybridized carbons (Fsp3) is 0.222. The molecule has 0 aliphatic rings. The molecule has 1 aromatic rings. The van der Waals surface area contributed by atoms with Crippen LogP contribution in [0, 0.1) is 0 Å². The van der Waals surface area contributed by atoms with Crippen LogP contribution >= 0.6 is 0 Å². The minimum atomic E-state index is -0.212. The Bertz CT molecular complexity index is 238. The van der Waals surface area contributed by atoms with Crippen molar-refractivity contribution < 1.29 is 9.90 Å². The number of rotatable bonds is 2. The van der Waals surface area contributed by atoms with Crippen LogP contribution in [0.1, 0.15) is 18.4 Å². The van der Waals surface area contributed by atoms with Crippen LogP contribution in [0.15, 0.2) is 24.3 Å². The van der Waals surface area contributed by atoms with Crippen molar-refractivity contribution in [3.8, 4) is 5.75 Å². The smallest absolute Gasteiger partial charge is 0.206 e. The average molecular weight is 149 g/mol. The van der Waals surface area contributed by atoms with E-state index in [1.165, 1.54) is 0 Å². The van der Waals surface area contributed by atoms with E-state index in [0.29, 0.717) is 0 Å². The van der Waals surface area contributed by atoms with E-state index in [9.17, 15) is 4.79 Å². The monoisotopic (exact) mass is 149 g/mol. The summed E-state index contributed by atoms with van der Waals surface area (Å²) in [5.74, 6) is 0.00227. The van der Waals surface area contributed by atoms with Gasteiger partial charge in [0.1, 0.15) is 5.75 Å². The second kappa shape index (κ2) is 3.19. The van der Waals surface area contributed by atoms with Crippen LogP contribution in [0.25, 0.3) is 0 Å². The zero-order chi connectivity index (χ0) is 8.27. The summed E-state index contributed by atoms with van der Waals surface area (Å²) in [6, 6.07) is 6.54. The molecule has 0 aliphatic carbocycles. The first kappa shape index (κ1) is 7.79. The Labute approximate surface area is 65.5 Å². The van der Waals surface area contributed by atoms with E-state index in [-0.39, 0.29) is 11.7 Å². The third-order valence-electron chi connectivity index (χ3n) is 1.57. The standard InChI is InChI=1S/C9H9O2/c1-7(6-10)8-2-4-9(11)5-3-8/h2-5,7,11H,1H3. The highest BCUT2D eigenvalue weighted by atomic mass is 16.3. The van der Waals surface area contributed by atoms with Crippen LogP contribution in [0.3, 0.4) is 0 Å². The largest absolute Gasteiger partial charge is 0.508 e. The fourth-order valence-corrected chi connectivity index (χ4v) is 0.831. The fourth-order valence-electron chi connectivity index (χ4n) is 0.831. The van der Waals surface area contributed by atoms with Crippen LogP contribution in [0.4, 0.5) is 0 Å². The molecule has 2 heteroatoms. The maximum Gasteiger partial charge on any atom is 0.206 e. The lowest BCUT2D eigenvalue weighted by Crippen LogP contribution is -1.92. The van der Waals surface area contributed by atoms with Crippen molar-refractivity contribution in [2.24, 2.45) is 0 Å². The Morgan fingerprint density at radius 2 is 1.91 bits per heavy atom. The quantitative estimate of drug-likeness (QED) is 0.693. The van der Waals surface area contributed by atoms with Crippen LogP contribution in [-0.2, 0) is 4.79 Å². The number of phenolic OH excluding ortho intramolecular Hbond substituents is 1. The molecule has 1 atom stereocenters. The summed E-state index contributed by atoms with van der Waals surface area (Å²) in [6.07, 6.45) is 1.87. The van der Waals surface area contributed by atoms with Gasteiger partial charge in [0.25, 0.3) is 0 Å². The summed E-state index contributed by atoms with van der Waals surface area (Å²) in [7, 11) is 0. The Morgan fingerprint density at radius 1 is 1.36 bits per heavy atom. The Hall–Kier alpha value is -1.31. The molecule has 1 N–H and O–H groups in total. The lowest BCUT2D eigenvalue weighted by Gasteiger charge is -2.01. The van der Waals surface area contributed by atoms with E-state index in [4.69, 9.17) is 5.11 Å². The molecule has 0 fully saturated rings. The molecule has 2 nitrogen and oxygen atoms in total. The topological polar surface area (TPSA) is 37.3 Å². The molecule has 0 spiro atoms. The molecule has 0 bridgehead atoms. The summed E-state index contributed by atoms with van der Waals surface area (Å²) in [5, 5.41) is 8.91. The number of phenols is 1. The molecule has 11 heavy (non-hydrogen) atoms. The lowest BCUT2D eigenvalue weighted by molar-refractivity contribution is 0.475. The highest BCUT2D eigenvalue weighted by Crippen LogP contribution is 2.16. The first-order valence-corrected chi connectivity index (χ1v) is 3.40. The van der Waals surface area contributed by atoms with E-state index in [0.717, 1.165) is 5.56 Å². The summed E-state index contributed by atoms with van der Waals surface area (Å²) in [6.45, 7) is 1.76. The van der Waals surface area contributed by atoms with Gasteiger partial charge in [-0.1, -0.05) is 19.1 Å². The highest BCUT2D eigenvalue weighted by molar-refractivity contribution is 5.62. The van der Waals surface area contributed by atoms with Gasteiger partial charge in [0.15, 0.2) is 0 Å². The highest BCUT2D eigenvalue weighted by Gasteiger charge is 2.02. The zero-order valence-corrected chi connectivity index (χ0v) is 6.24. The molecule has 1 aromatic carbocycles. The maximum absolute atomic E-state index is 10.2. The van der Waals surface area contributed by atoms with Gasteiger partial charge in [-0.05, 0) is 17.7 Å². The van der Waals surface area contributed by atoms with E-state index >= 15 is 0 Å². The van der Waals surface area contributed by atoms with Crippen LogP contribution in [-0.4, -0.2) is 11.4 Å². The number of carbonyl (C=O) groups excluding carboxylic acids is 1. The minimum Gasteiger partial charge on any atom is -0.508 e. The van der Waals surface area contributed by atoms with Crippen molar-refractivity contribution in [1.29, 1.82) is 0 Å². The van der Waals surface area contributed by atoms with E-state index in [1.807, 2.05) is 6.29 Å². The first-order chi connectivity index (χ1) is 5.24. The minimum absolute atomic E-state index is 0.212. The predicted molar refractivity (Wildman–Crippen MR) is 42.2 cm³/mol. The van der Waals surface area contributed by atoms with Crippen LogP contribution in [0.5, 0.6) is 5.75 Å². The molecule has 0 saturated carbocycles. The van der Waals surface area contributed by atoms with Gasteiger partial charge in [-0.3, -0.25) is 4.79 Å². The molecule has 0 aliphatic heterocycles. The number of benzene rings is 1. The molecule has 57 valence electrons. The van der Waals surface area contributed by atoms with Gasteiger partial charge in [-0.25, -0.2) is 0 Å². The lowest BCUT2D eigenvalue weighted by atomic mass is 10.0. The van der Waals surface area contributed by atoms with Gasteiger partial charge >= 0.3 is 0 Å². The van der Waals surface area contributed by atoms with E-state index in [2.05, 4.69) is 0 Å². The van der Waals surface area contributed by atoms with Gasteiger partial charge in [0.05, 0.1) is 0 Å². The van der Waals surface area contributed by atoms with Gasteiger partial charge in [-0.2, -0.15) is 0 Å². The van der Waals surface area contributed by atoms with E-state index < -0.39 is 0 Å². The normalized spacial score (nSPS) is 12.5. The average Bonchev–Trinajstić information content (AvgIpc) is 2.05. The second-order valence-electron chi connectivity index (χ2n) is 2.43. The number of hydrogen-bond acceptors (Lipinski definition) is 2. The molecule has 0 heterocycles. The Balaban J connectivity index is 2.89.